The van der Waals surface area contributed by atoms with E-state index in [0.717, 1.165) is 12.3 Å². The number of fused-ring (bicyclic) bond motifs is 2. The standard InChI is InChI=1S/C13H20O/c1-4-9-5-11-6-10(9)7-12(11)13(14)8(2)3/h4,8,10-12H,5-7H2,1-3H3/t10-,11+,12?/m0/s1. The molecule has 1 unspecified atom stereocenters. The molecule has 0 aromatic rings. The highest BCUT2D eigenvalue weighted by molar-refractivity contribution is 5.83. The quantitative estimate of drug-likeness (QED) is 0.614. The van der Waals surface area contributed by atoms with Crippen molar-refractivity contribution in [3.05, 3.63) is 11.6 Å². The predicted octanol–water partition coefficient (Wildman–Crippen LogP) is 3.20. The van der Waals surface area contributed by atoms with E-state index in [0.29, 0.717) is 17.6 Å². The van der Waals surface area contributed by atoms with Crippen molar-refractivity contribution in [1.82, 2.24) is 0 Å². The van der Waals surface area contributed by atoms with Gasteiger partial charge in [0.05, 0.1) is 0 Å². The van der Waals surface area contributed by atoms with E-state index in [1.54, 1.807) is 5.57 Å². The third kappa shape index (κ3) is 1.43. The number of ketones is 1. The molecule has 2 fully saturated rings. The highest BCUT2D eigenvalue weighted by atomic mass is 16.1. The molecule has 1 nitrogen and oxygen atoms in total. The van der Waals surface area contributed by atoms with Crippen LogP contribution in [0.2, 0.25) is 0 Å². The summed E-state index contributed by atoms with van der Waals surface area (Å²) in [4.78, 5) is 11.9. The van der Waals surface area contributed by atoms with Crippen LogP contribution in [0.25, 0.3) is 0 Å². The first-order valence-electron chi connectivity index (χ1n) is 5.82. The molecule has 0 amide bonds. The summed E-state index contributed by atoms with van der Waals surface area (Å²) in [6.07, 6.45) is 5.88. The normalized spacial score (nSPS) is 38.6. The van der Waals surface area contributed by atoms with E-state index in [1.165, 1.54) is 12.8 Å². The van der Waals surface area contributed by atoms with E-state index in [-0.39, 0.29) is 5.92 Å². The number of rotatable bonds is 2. The van der Waals surface area contributed by atoms with Crippen LogP contribution in [0, 0.1) is 23.7 Å². The summed E-state index contributed by atoms with van der Waals surface area (Å²) < 4.78 is 0. The number of allylic oxidation sites excluding steroid dienone is 2. The molecule has 0 N–H and O–H groups in total. The van der Waals surface area contributed by atoms with Gasteiger partial charge >= 0.3 is 0 Å². The number of hydrogen-bond acceptors (Lipinski definition) is 1. The molecule has 0 saturated heterocycles. The van der Waals surface area contributed by atoms with Crippen LogP contribution in [0.15, 0.2) is 11.6 Å². The molecular weight excluding hydrogens is 172 g/mol. The van der Waals surface area contributed by atoms with Crippen LogP contribution < -0.4 is 0 Å². The molecule has 0 radical (unpaired) electrons. The Morgan fingerprint density at radius 2 is 2.14 bits per heavy atom. The average Bonchev–Trinajstić information content (AvgIpc) is 2.74. The fourth-order valence-corrected chi connectivity index (χ4v) is 3.25. The Morgan fingerprint density at radius 1 is 1.43 bits per heavy atom. The molecule has 0 aromatic heterocycles. The minimum absolute atomic E-state index is 0.230. The number of Topliss-reactive ketones (excluding diaryl/α,β-unsaturated/α-hetero) is 1. The molecule has 0 aromatic carbocycles. The van der Waals surface area contributed by atoms with E-state index >= 15 is 0 Å². The van der Waals surface area contributed by atoms with Gasteiger partial charge in [0.15, 0.2) is 0 Å². The fraction of sp³-hybridized carbons (Fsp3) is 0.769. The van der Waals surface area contributed by atoms with Gasteiger partial charge in [0.1, 0.15) is 5.78 Å². The van der Waals surface area contributed by atoms with Crippen LogP contribution in [0.4, 0.5) is 0 Å². The second-order valence-corrected chi connectivity index (χ2v) is 5.16. The lowest BCUT2D eigenvalue weighted by Gasteiger charge is -2.23. The molecule has 0 spiro atoms. The first-order valence-corrected chi connectivity index (χ1v) is 5.82. The summed E-state index contributed by atoms with van der Waals surface area (Å²) in [5, 5.41) is 0. The van der Waals surface area contributed by atoms with Gasteiger partial charge in [0.25, 0.3) is 0 Å². The Morgan fingerprint density at radius 3 is 2.57 bits per heavy atom. The first-order chi connectivity index (χ1) is 6.63. The topological polar surface area (TPSA) is 17.1 Å². The van der Waals surface area contributed by atoms with Gasteiger partial charge in [-0.1, -0.05) is 25.5 Å². The smallest absolute Gasteiger partial charge is 0.138 e. The van der Waals surface area contributed by atoms with Gasteiger partial charge in [-0.15, -0.1) is 0 Å². The zero-order valence-corrected chi connectivity index (χ0v) is 9.42. The van der Waals surface area contributed by atoms with Crippen LogP contribution in [-0.2, 0) is 4.79 Å². The minimum atomic E-state index is 0.230. The van der Waals surface area contributed by atoms with Crippen LogP contribution in [0.3, 0.4) is 0 Å². The van der Waals surface area contributed by atoms with Gasteiger partial charge in [-0.3, -0.25) is 4.79 Å². The summed E-state index contributed by atoms with van der Waals surface area (Å²) in [5.41, 5.74) is 1.61. The molecule has 1 heteroatoms. The predicted molar refractivity (Wildman–Crippen MR) is 57.9 cm³/mol. The van der Waals surface area contributed by atoms with E-state index in [4.69, 9.17) is 0 Å². The monoisotopic (exact) mass is 192 g/mol. The second kappa shape index (κ2) is 3.52. The number of carbonyl (C=O) groups is 1. The Hall–Kier alpha value is -0.590. The molecule has 2 bridgehead atoms. The van der Waals surface area contributed by atoms with Gasteiger partial charge in [-0.2, -0.15) is 0 Å². The summed E-state index contributed by atoms with van der Waals surface area (Å²) in [7, 11) is 0. The summed E-state index contributed by atoms with van der Waals surface area (Å²) in [5.74, 6) is 2.56. The van der Waals surface area contributed by atoms with Crippen LogP contribution in [-0.4, -0.2) is 5.78 Å². The molecule has 2 aliphatic carbocycles. The average molecular weight is 192 g/mol. The van der Waals surface area contributed by atoms with Crippen molar-refractivity contribution in [2.45, 2.75) is 40.0 Å². The van der Waals surface area contributed by atoms with Crippen molar-refractivity contribution in [3.8, 4) is 0 Å². The van der Waals surface area contributed by atoms with E-state index < -0.39 is 0 Å². The molecule has 78 valence electrons. The summed E-state index contributed by atoms with van der Waals surface area (Å²) in [6, 6.07) is 0. The highest BCUT2D eigenvalue weighted by Gasteiger charge is 2.45. The molecule has 14 heavy (non-hydrogen) atoms. The third-order valence-electron chi connectivity index (χ3n) is 4.02. The second-order valence-electron chi connectivity index (χ2n) is 5.16. The van der Waals surface area contributed by atoms with Gasteiger partial charge in [-0.25, -0.2) is 0 Å². The number of hydrogen-bond donors (Lipinski definition) is 0. The lowest BCUT2D eigenvalue weighted by atomic mass is 9.80. The van der Waals surface area contributed by atoms with E-state index in [1.807, 2.05) is 13.8 Å². The maximum absolute atomic E-state index is 11.9. The SMILES string of the molecule is CC=C1C[C@@H]2C[C@H]1CC2C(=O)C(C)C. The molecule has 0 aliphatic heterocycles. The van der Waals surface area contributed by atoms with Crippen LogP contribution >= 0.6 is 0 Å². The largest absolute Gasteiger partial charge is 0.299 e. The molecule has 0 heterocycles. The van der Waals surface area contributed by atoms with Gasteiger partial charge in [0.2, 0.25) is 0 Å². The Balaban J connectivity index is 2.07. The molecule has 2 aliphatic rings. The Labute approximate surface area is 86.6 Å². The molecule has 3 atom stereocenters. The molecular formula is C13H20O. The summed E-state index contributed by atoms with van der Waals surface area (Å²) in [6.45, 7) is 6.20. The van der Waals surface area contributed by atoms with Crippen molar-refractivity contribution in [1.29, 1.82) is 0 Å². The van der Waals surface area contributed by atoms with E-state index in [9.17, 15) is 4.79 Å². The summed E-state index contributed by atoms with van der Waals surface area (Å²) >= 11 is 0. The van der Waals surface area contributed by atoms with Crippen molar-refractivity contribution < 1.29 is 4.79 Å². The Bertz CT molecular complexity index is 275. The van der Waals surface area contributed by atoms with Crippen LogP contribution in [0.5, 0.6) is 0 Å². The van der Waals surface area contributed by atoms with Gasteiger partial charge < -0.3 is 0 Å². The minimum Gasteiger partial charge on any atom is -0.299 e. The fourth-order valence-electron chi connectivity index (χ4n) is 3.25. The highest BCUT2D eigenvalue weighted by Crippen LogP contribution is 2.52. The van der Waals surface area contributed by atoms with E-state index in [2.05, 4.69) is 13.0 Å². The van der Waals surface area contributed by atoms with Crippen molar-refractivity contribution in [3.63, 3.8) is 0 Å². The van der Waals surface area contributed by atoms with Crippen molar-refractivity contribution in [2.75, 3.05) is 0 Å². The lowest BCUT2D eigenvalue weighted by molar-refractivity contribution is -0.127. The van der Waals surface area contributed by atoms with Gasteiger partial charge in [0, 0.05) is 11.8 Å². The zero-order valence-electron chi connectivity index (χ0n) is 9.42. The van der Waals surface area contributed by atoms with Crippen LogP contribution in [0.1, 0.15) is 40.0 Å². The maximum Gasteiger partial charge on any atom is 0.138 e. The molecule has 2 rings (SSSR count). The van der Waals surface area contributed by atoms with Crippen molar-refractivity contribution >= 4 is 5.78 Å². The molecule has 2 saturated carbocycles. The maximum atomic E-state index is 11.9. The van der Waals surface area contributed by atoms with Gasteiger partial charge in [-0.05, 0) is 38.0 Å². The zero-order chi connectivity index (χ0) is 10.3. The lowest BCUT2D eigenvalue weighted by Crippen LogP contribution is -2.25. The Kier molecular flexibility index (Phi) is 2.50. The first kappa shape index (κ1) is 9.95. The van der Waals surface area contributed by atoms with Crippen molar-refractivity contribution in [2.24, 2.45) is 23.7 Å². The third-order valence-corrected chi connectivity index (χ3v) is 4.02. The number of carbonyl (C=O) groups excluding carboxylic acids is 1.